The Labute approximate surface area is 145 Å². The Morgan fingerprint density at radius 2 is 1.70 bits per heavy atom. The van der Waals surface area contributed by atoms with Crippen LogP contribution in [0.2, 0.25) is 5.02 Å². The van der Waals surface area contributed by atoms with Crippen molar-refractivity contribution < 1.29 is 4.79 Å². The molecule has 5 nitrogen and oxygen atoms in total. The lowest BCUT2D eigenvalue weighted by atomic mass is 10.1. The first-order valence-electron chi connectivity index (χ1n) is 6.89. The highest BCUT2D eigenvalue weighted by atomic mass is 35.5. The van der Waals surface area contributed by atoms with E-state index in [4.69, 9.17) is 35.3 Å². The van der Waals surface area contributed by atoms with Gasteiger partial charge in [-0.1, -0.05) is 17.7 Å². The van der Waals surface area contributed by atoms with Gasteiger partial charge in [0.05, 0.1) is 0 Å². The third kappa shape index (κ3) is 4.66. The van der Waals surface area contributed by atoms with Gasteiger partial charge in [0.1, 0.15) is 0 Å². The number of benzene rings is 2. The van der Waals surface area contributed by atoms with Crippen LogP contribution >= 0.6 is 23.8 Å². The van der Waals surface area contributed by atoms with E-state index in [1.54, 1.807) is 30.3 Å². The van der Waals surface area contributed by atoms with E-state index < -0.39 is 5.91 Å². The van der Waals surface area contributed by atoms with Crippen molar-refractivity contribution in [1.82, 2.24) is 0 Å². The van der Waals surface area contributed by atoms with Crippen molar-refractivity contribution in [2.24, 2.45) is 11.5 Å². The van der Waals surface area contributed by atoms with Gasteiger partial charge in [-0.25, -0.2) is 0 Å². The van der Waals surface area contributed by atoms with E-state index in [1.807, 2.05) is 19.1 Å². The molecule has 23 heavy (non-hydrogen) atoms. The number of primary amides is 1. The maximum atomic E-state index is 11.0. The molecule has 0 spiro atoms. The number of hydrogen-bond acceptors (Lipinski definition) is 3. The quantitative estimate of drug-likeness (QED) is 0.636. The molecule has 7 heteroatoms. The molecule has 2 rings (SSSR count). The fourth-order valence-corrected chi connectivity index (χ4v) is 2.57. The number of nitrogens with one attached hydrogen (secondary N) is 2. The smallest absolute Gasteiger partial charge is 0.248 e. The number of rotatable bonds is 4. The third-order valence-corrected chi connectivity index (χ3v) is 3.71. The highest BCUT2D eigenvalue weighted by molar-refractivity contribution is 7.80. The van der Waals surface area contributed by atoms with Crippen molar-refractivity contribution in [3.8, 4) is 0 Å². The first-order chi connectivity index (χ1) is 10.9. The SMILES string of the molecule is CC(N)c1ccc(NC(=S)Nc2ccc(C(N)=O)cc2)cc1Cl. The molecule has 0 aliphatic carbocycles. The molecule has 0 saturated heterocycles. The van der Waals surface area contributed by atoms with E-state index in [0.717, 1.165) is 16.9 Å². The zero-order valence-electron chi connectivity index (χ0n) is 12.5. The van der Waals surface area contributed by atoms with Crippen LogP contribution in [0.5, 0.6) is 0 Å². The van der Waals surface area contributed by atoms with Crippen molar-refractivity contribution in [2.75, 3.05) is 10.6 Å². The molecule has 1 atom stereocenters. The molecule has 0 radical (unpaired) electrons. The average Bonchev–Trinajstić information content (AvgIpc) is 2.47. The van der Waals surface area contributed by atoms with Crippen LogP contribution in [0.3, 0.4) is 0 Å². The Kier molecular flexibility index (Phi) is 5.54. The van der Waals surface area contributed by atoms with Gasteiger partial charge in [-0.15, -0.1) is 0 Å². The van der Waals surface area contributed by atoms with E-state index in [1.165, 1.54) is 0 Å². The summed E-state index contributed by atoms with van der Waals surface area (Å²) in [7, 11) is 0. The van der Waals surface area contributed by atoms with Crippen molar-refractivity contribution in [2.45, 2.75) is 13.0 Å². The van der Waals surface area contributed by atoms with Crippen molar-refractivity contribution >= 4 is 46.2 Å². The number of carbonyl (C=O) groups excluding carboxylic acids is 1. The van der Waals surface area contributed by atoms with Gasteiger partial charge in [0, 0.05) is 28.0 Å². The molecule has 2 aromatic carbocycles. The molecule has 0 heterocycles. The second kappa shape index (κ2) is 7.41. The molecule has 0 aliphatic heterocycles. The highest BCUT2D eigenvalue weighted by Gasteiger charge is 2.07. The molecule has 0 aromatic heterocycles. The molecule has 0 bridgehead atoms. The zero-order chi connectivity index (χ0) is 17.0. The van der Waals surface area contributed by atoms with Crippen molar-refractivity contribution in [1.29, 1.82) is 0 Å². The Bertz CT molecular complexity index is 731. The van der Waals surface area contributed by atoms with E-state index >= 15 is 0 Å². The summed E-state index contributed by atoms with van der Waals surface area (Å²) in [6, 6.07) is 12.0. The summed E-state index contributed by atoms with van der Waals surface area (Å²) in [5.41, 5.74) is 13.8. The Morgan fingerprint density at radius 3 is 2.22 bits per heavy atom. The summed E-state index contributed by atoms with van der Waals surface area (Å²) in [6.45, 7) is 1.87. The van der Waals surface area contributed by atoms with Crippen molar-refractivity contribution in [3.63, 3.8) is 0 Å². The first kappa shape index (κ1) is 17.2. The number of nitrogens with two attached hydrogens (primary N) is 2. The summed E-state index contributed by atoms with van der Waals surface area (Å²) in [4.78, 5) is 11.0. The zero-order valence-corrected chi connectivity index (χ0v) is 14.0. The number of halogens is 1. The molecule has 1 unspecified atom stereocenters. The molecule has 0 saturated carbocycles. The van der Waals surface area contributed by atoms with Crippen LogP contribution in [0.15, 0.2) is 42.5 Å². The topological polar surface area (TPSA) is 93.2 Å². The second-order valence-corrected chi connectivity index (χ2v) is 5.86. The third-order valence-electron chi connectivity index (χ3n) is 3.18. The van der Waals surface area contributed by atoms with Gasteiger partial charge in [0.15, 0.2) is 5.11 Å². The summed E-state index contributed by atoms with van der Waals surface area (Å²) < 4.78 is 0. The lowest BCUT2D eigenvalue weighted by molar-refractivity contribution is 0.100. The van der Waals surface area contributed by atoms with Gasteiger partial charge in [0.25, 0.3) is 0 Å². The van der Waals surface area contributed by atoms with Crippen LogP contribution in [0.4, 0.5) is 11.4 Å². The molecule has 0 aliphatic rings. The van der Waals surface area contributed by atoms with E-state index in [9.17, 15) is 4.79 Å². The number of hydrogen-bond donors (Lipinski definition) is 4. The average molecular weight is 349 g/mol. The van der Waals surface area contributed by atoms with Crippen LogP contribution in [-0.4, -0.2) is 11.0 Å². The molecular weight excluding hydrogens is 332 g/mol. The molecule has 2 aromatic rings. The first-order valence-corrected chi connectivity index (χ1v) is 7.68. The summed E-state index contributed by atoms with van der Waals surface area (Å²) >= 11 is 11.4. The van der Waals surface area contributed by atoms with Crippen LogP contribution in [0.1, 0.15) is 28.9 Å². The fourth-order valence-electron chi connectivity index (χ4n) is 1.99. The molecular formula is C16H17ClN4OS. The predicted molar refractivity (Wildman–Crippen MR) is 98.9 cm³/mol. The largest absolute Gasteiger partial charge is 0.366 e. The van der Waals surface area contributed by atoms with Crippen molar-refractivity contribution in [3.05, 3.63) is 58.6 Å². The monoisotopic (exact) mass is 348 g/mol. The van der Waals surface area contributed by atoms with E-state index in [2.05, 4.69) is 10.6 Å². The minimum atomic E-state index is -0.471. The standard InChI is InChI=1S/C16H17ClN4OS/c1-9(18)13-7-6-12(8-14(13)17)21-16(23)20-11-4-2-10(3-5-11)15(19)22/h2-9H,18H2,1H3,(H2,19,22)(H2,20,21,23). The number of anilines is 2. The normalized spacial score (nSPS) is 11.6. The van der Waals surface area contributed by atoms with Crippen LogP contribution < -0.4 is 22.1 Å². The molecule has 0 fully saturated rings. The lowest BCUT2D eigenvalue weighted by Gasteiger charge is -2.13. The van der Waals surface area contributed by atoms with Gasteiger partial charge in [-0.2, -0.15) is 0 Å². The summed E-state index contributed by atoms with van der Waals surface area (Å²) in [5.74, 6) is -0.471. The molecule has 6 N–H and O–H groups in total. The second-order valence-electron chi connectivity index (χ2n) is 5.05. The molecule has 1 amide bonds. The van der Waals surface area contributed by atoms with E-state index in [-0.39, 0.29) is 6.04 Å². The van der Waals surface area contributed by atoms with E-state index in [0.29, 0.717) is 15.7 Å². The summed E-state index contributed by atoms with van der Waals surface area (Å²) in [5, 5.41) is 7.04. The maximum Gasteiger partial charge on any atom is 0.248 e. The predicted octanol–water partition coefficient (Wildman–Crippen LogP) is 3.27. The Morgan fingerprint density at radius 1 is 1.13 bits per heavy atom. The minimum absolute atomic E-state index is 0.134. The van der Waals surface area contributed by atoms with Crippen LogP contribution in [0, 0.1) is 0 Å². The number of carbonyl (C=O) groups is 1. The highest BCUT2D eigenvalue weighted by Crippen LogP contribution is 2.25. The maximum absolute atomic E-state index is 11.0. The number of thiocarbonyl (C=S) groups is 1. The number of amides is 1. The minimum Gasteiger partial charge on any atom is -0.366 e. The Hall–Kier alpha value is -2.15. The Balaban J connectivity index is 2.02. The lowest BCUT2D eigenvalue weighted by Crippen LogP contribution is -2.19. The van der Waals surface area contributed by atoms with Crippen LogP contribution in [0.25, 0.3) is 0 Å². The summed E-state index contributed by atoms with van der Waals surface area (Å²) in [6.07, 6.45) is 0. The van der Waals surface area contributed by atoms with Gasteiger partial charge in [-0.05, 0) is 61.1 Å². The van der Waals surface area contributed by atoms with Gasteiger partial charge in [-0.3, -0.25) is 4.79 Å². The van der Waals surface area contributed by atoms with Crippen LogP contribution in [-0.2, 0) is 0 Å². The van der Waals surface area contributed by atoms with Gasteiger partial charge in [0.2, 0.25) is 5.91 Å². The van der Waals surface area contributed by atoms with Gasteiger partial charge >= 0.3 is 0 Å². The molecule has 120 valence electrons. The fraction of sp³-hybridized carbons (Fsp3) is 0.125. The van der Waals surface area contributed by atoms with Gasteiger partial charge < -0.3 is 22.1 Å².